The van der Waals surface area contributed by atoms with Gasteiger partial charge in [-0.15, -0.1) is 0 Å². The predicted octanol–water partition coefficient (Wildman–Crippen LogP) is 1.70. The van der Waals surface area contributed by atoms with Gasteiger partial charge in [-0.1, -0.05) is 36.4 Å². The zero-order chi connectivity index (χ0) is 20.4. The van der Waals surface area contributed by atoms with Gasteiger partial charge in [0.2, 0.25) is 15.9 Å². The molecule has 0 saturated carbocycles. The van der Waals surface area contributed by atoms with Crippen LogP contribution in [0, 0.1) is 0 Å². The van der Waals surface area contributed by atoms with Gasteiger partial charge < -0.3 is 9.88 Å². The highest BCUT2D eigenvalue weighted by Gasteiger charge is 2.23. The number of nitrogens with one attached hydrogen (secondary N) is 1. The van der Waals surface area contributed by atoms with Crippen LogP contribution >= 0.6 is 0 Å². The Balaban J connectivity index is 1.37. The first kappa shape index (κ1) is 19.6. The Morgan fingerprint density at radius 3 is 2.41 bits per heavy atom. The van der Waals surface area contributed by atoms with Crippen molar-refractivity contribution in [1.29, 1.82) is 0 Å². The largest absolute Gasteiger partial charge is 0.361 e. The fraction of sp³-hybridized carbons (Fsp3) is 0.286. The molecule has 1 saturated heterocycles. The molecule has 0 unspecified atom stereocenters. The number of carbonyl (C=O) groups is 1. The number of fused-ring (bicyclic) bond motifs is 1. The highest BCUT2D eigenvalue weighted by atomic mass is 32.2. The normalized spacial score (nSPS) is 15.7. The Morgan fingerprint density at radius 2 is 1.66 bits per heavy atom. The summed E-state index contributed by atoms with van der Waals surface area (Å²) in [5, 5.41) is 6.41. The molecule has 152 valence electrons. The van der Waals surface area contributed by atoms with Gasteiger partial charge in [-0.3, -0.25) is 9.69 Å². The highest BCUT2D eigenvalue weighted by Crippen LogP contribution is 2.20. The molecule has 0 atom stereocenters. The first-order valence-corrected chi connectivity index (χ1v) is 11.1. The average molecular weight is 413 g/mol. The third kappa shape index (κ3) is 4.34. The number of amides is 1. The van der Waals surface area contributed by atoms with Crippen LogP contribution in [0.15, 0.2) is 59.6 Å². The number of benzene rings is 2. The lowest BCUT2D eigenvalue weighted by Crippen LogP contribution is -2.48. The topological polar surface area (TPSA) is 99.5 Å². The minimum absolute atomic E-state index is 0.110. The van der Waals surface area contributed by atoms with E-state index in [-0.39, 0.29) is 10.8 Å². The lowest BCUT2D eigenvalue weighted by atomic mass is 10.1. The average Bonchev–Trinajstić information content (AvgIpc) is 3.11. The lowest BCUT2D eigenvalue weighted by molar-refractivity contribution is -0.132. The van der Waals surface area contributed by atoms with Gasteiger partial charge >= 0.3 is 0 Å². The molecule has 29 heavy (non-hydrogen) atoms. The first-order valence-electron chi connectivity index (χ1n) is 9.57. The molecule has 1 amide bonds. The lowest BCUT2D eigenvalue weighted by Gasteiger charge is -2.35. The van der Waals surface area contributed by atoms with Crippen molar-refractivity contribution in [2.24, 2.45) is 5.14 Å². The summed E-state index contributed by atoms with van der Waals surface area (Å²) in [6.45, 7) is 3.13. The van der Waals surface area contributed by atoms with E-state index in [0.717, 1.165) is 16.5 Å². The Kier molecular flexibility index (Phi) is 5.40. The third-order valence-corrected chi connectivity index (χ3v) is 6.43. The molecule has 2 aromatic carbocycles. The molecule has 0 aliphatic carbocycles. The molecule has 3 N–H and O–H groups in total. The van der Waals surface area contributed by atoms with Crippen molar-refractivity contribution in [3.05, 3.63) is 65.9 Å². The number of hydrogen-bond acceptors (Lipinski definition) is 4. The van der Waals surface area contributed by atoms with Gasteiger partial charge in [-0.05, 0) is 23.3 Å². The monoisotopic (exact) mass is 412 g/mol. The first-order chi connectivity index (χ1) is 13.9. The summed E-state index contributed by atoms with van der Waals surface area (Å²) in [6.07, 6.45) is 2.28. The van der Waals surface area contributed by atoms with Gasteiger partial charge in [-0.2, -0.15) is 0 Å². The molecule has 2 heterocycles. The van der Waals surface area contributed by atoms with E-state index in [0.29, 0.717) is 44.7 Å². The molecule has 3 aromatic rings. The van der Waals surface area contributed by atoms with Crippen molar-refractivity contribution in [2.45, 2.75) is 17.9 Å². The zero-order valence-electron chi connectivity index (χ0n) is 16.0. The van der Waals surface area contributed by atoms with Crippen molar-refractivity contribution in [3.8, 4) is 0 Å². The smallest absolute Gasteiger partial charge is 0.238 e. The fourth-order valence-corrected chi connectivity index (χ4v) is 4.63. The standard InChI is InChI=1S/C21H24N4O3S/c22-29(27,28)20-8-4-1-5-16(20)15-24-9-11-25(12-10-24)21(26)13-17-14-23-19-7-3-2-6-18(17)19/h1-8,14,23H,9-13,15H2,(H2,22,27,28). The number of para-hydroxylation sites is 1. The van der Waals surface area contributed by atoms with Crippen LogP contribution in [-0.2, 0) is 27.8 Å². The Hall–Kier alpha value is -2.68. The second kappa shape index (κ2) is 7.98. The van der Waals surface area contributed by atoms with Gasteiger partial charge in [0.25, 0.3) is 0 Å². The van der Waals surface area contributed by atoms with E-state index < -0.39 is 10.0 Å². The SMILES string of the molecule is NS(=O)(=O)c1ccccc1CN1CCN(C(=O)Cc2c[nH]c3ccccc23)CC1. The van der Waals surface area contributed by atoms with Crippen LogP contribution < -0.4 is 5.14 Å². The van der Waals surface area contributed by atoms with Gasteiger partial charge in [0, 0.05) is 49.8 Å². The van der Waals surface area contributed by atoms with E-state index in [9.17, 15) is 13.2 Å². The molecule has 4 rings (SSSR count). The molecular formula is C21H24N4O3S. The van der Waals surface area contributed by atoms with Crippen LogP contribution in [0.25, 0.3) is 10.9 Å². The highest BCUT2D eigenvalue weighted by molar-refractivity contribution is 7.89. The summed E-state index contributed by atoms with van der Waals surface area (Å²) in [4.78, 5) is 20.2. The van der Waals surface area contributed by atoms with Gasteiger partial charge in [-0.25, -0.2) is 13.6 Å². The molecule has 1 aliphatic rings. The maximum atomic E-state index is 12.8. The van der Waals surface area contributed by atoms with Gasteiger partial charge in [0.05, 0.1) is 11.3 Å². The Labute approximate surface area is 170 Å². The second-order valence-corrected chi connectivity index (χ2v) is 8.88. The summed E-state index contributed by atoms with van der Waals surface area (Å²) in [5.41, 5.74) is 2.73. The summed E-state index contributed by atoms with van der Waals surface area (Å²) >= 11 is 0. The summed E-state index contributed by atoms with van der Waals surface area (Å²) in [6, 6.07) is 14.8. The second-order valence-electron chi connectivity index (χ2n) is 7.35. The van der Waals surface area contributed by atoms with Crippen molar-refractivity contribution >= 4 is 26.8 Å². The maximum absolute atomic E-state index is 12.8. The number of primary sulfonamides is 1. The molecule has 1 aliphatic heterocycles. The number of hydrogen-bond donors (Lipinski definition) is 2. The quantitative estimate of drug-likeness (QED) is 0.666. The Bertz CT molecular complexity index is 1130. The number of nitrogens with two attached hydrogens (primary N) is 1. The number of H-pyrrole nitrogens is 1. The summed E-state index contributed by atoms with van der Waals surface area (Å²) in [5.74, 6) is 0.110. The van der Waals surface area contributed by atoms with Crippen LogP contribution in [-0.4, -0.2) is 55.3 Å². The number of rotatable bonds is 5. The van der Waals surface area contributed by atoms with Crippen LogP contribution in [0.5, 0.6) is 0 Å². The number of carbonyl (C=O) groups excluding carboxylic acids is 1. The van der Waals surface area contributed by atoms with E-state index in [1.54, 1.807) is 12.1 Å². The van der Waals surface area contributed by atoms with E-state index in [1.165, 1.54) is 6.07 Å². The molecule has 1 fully saturated rings. The number of aromatic nitrogens is 1. The summed E-state index contributed by atoms with van der Waals surface area (Å²) in [7, 11) is -3.75. The van der Waals surface area contributed by atoms with Crippen LogP contribution in [0.2, 0.25) is 0 Å². The zero-order valence-corrected chi connectivity index (χ0v) is 16.9. The summed E-state index contributed by atoms with van der Waals surface area (Å²) < 4.78 is 23.6. The predicted molar refractivity (Wildman–Crippen MR) is 112 cm³/mol. The van der Waals surface area contributed by atoms with Crippen LogP contribution in [0.1, 0.15) is 11.1 Å². The minimum Gasteiger partial charge on any atom is -0.361 e. The molecular weight excluding hydrogens is 388 g/mol. The van der Waals surface area contributed by atoms with Crippen molar-refractivity contribution in [2.75, 3.05) is 26.2 Å². The molecule has 7 nitrogen and oxygen atoms in total. The number of sulfonamides is 1. The van der Waals surface area contributed by atoms with Crippen LogP contribution in [0.3, 0.4) is 0 Å². The van der Waals surface area contributed by atoms with Gasteiger partial charge in [0.1, 0.15) is 0 Å². The van der Waals surface area contributed by atoms with Crippen LogP contribution in [0.4, 0.5) is 0 Å². The minimum atomic E-state index is -3.75. The Morgan fingerprint density at radius 1 is 0.966 bits per heavy atom. The molecule has 0 radical (unpaired) electrons. The van der Waals surface area contributed by atoms with Crippen molar-refractivity contribution in [3.63, 3.8) is 0 Å². The number of piperazine rings is 1. The number of aromatic amines is 1. The van der Waals surface area contributed by atoms with Gasteiger partial charge in [0.15, 0.2) is 0 Å². The molecule has 0 spiro atoms. The van der Waals surface area contributed by atoms with Crippen molar-refractivity contribution < 1.29 is 13.2 Å². The third-order valence-electron chi connectivity index (χ3n) is 5.41. The fourth-order valence-electron chi connectivity index (χ4n) is 3.86. The molecule has 8 heteroatoms. The molecule has 1 aromatic heterocycles. The number of nitrogens with zero attached hydrogens (tertiary/aromatic N) is 2. The van der Waals surface area contributed by atoms with Crippen molar-refractivity contribution in [1.82, 2.24) is 14.8 Å². The van der Waals surface area contributed by atoms with E-state index >= 15 is 0 Å². The van der Waals surface area contributed by atoms with E-state index in [4.69, 9.17) is 5.14 Å². The van der Waals surface area contributed by atoms with E-state index in [1.807, 2.05) is 41.4 Å². The van der Waals surface area contributed by atoms with E-state index in [2.05, 4.69) is 9.88 Å². The maximum Gasteiger partial charge on any atom is 0.238 e. The molecule has 0 bridgehead atoms.